The van der Waals surface area contributed by atoms with Gasteiger partial charge in [-0.15, -0.1) is 0 Å². The zero-order chi connectivity index (χ0) is 26.2. The van der Waals surface area contributed by atoms with Crippen LogP contribution in [0.1, 0.15) is 6.42 Å². The molecule has 1 aromatic carbocycles. The van der Waals surface area contributed by atoms with Crippen LogP contribution >= 0.6 is 0 Å². The van der Waals surface area contributed by atoms with Gasteiger partial charge in [-0.25, -0.2) is 0 Å². The molecule has 17 heteroatoms. The lowest BCUT2D eigenvalue weighted by Crippen LogP contribution is -2.70. The van der Waals surface area contributed by atoms with Crippen LogP contribution in [0.3, 0.4) is 0 Å². The van der Waals surface area contributed by atoms with E-state index in [2.05, 4.69) is 0 Å². The van der Waals surface area contributed by atoms with Crippen molar-refractivity contribution in [3.8, 4) is 0 Å². The van der Waals surface area contributed by atoms with Gasteiger partial charge >= 0.3 is 42.9 Å². The van der Waals surface area contributed by atoms with Crippen LogP contribution in [-0.2, 0) is 9.31 Å². The third-order valence-electron chi connectivity index (χ3n) is 4.81. The normalized spacial score (nSPS) is 19.1. The first-order chi connectivity index (χ1) is 15.3. The number of rotatable bonds is 10. The van der Waals surface area contributed by atoms with E-state index in [4.69, 9.17) is 9.31 Å². The first kappa shape index (κ1) is 28.7. The van der Waals surface area contributed by atoms with E-state index in [1.165, 1.54) is 0 Å². The summed E-state index contributed by atoms with van der Waals surface area (Å²) in [6.45, 7) is -0.0318. The maximum Gasteiger partial charge on any atom is 0.494 e. The molecule has 1 aromatic rings. The quantitative estimate of drug-likeness (QED) is 0.225. The number of hydrogen-bond donors (Lipinski definition) is 0. The summed E-state index contributed by atoms with van der Waals surface area (Å²) in [5.41, 5.74) is 0.610. The van der Waals surface area contributed by atoms with E-state index in [0.29, 0.717) is 5.46 Å². The van der Waals surface area contributed by atoms with Crippen molar-refractivity contribution in [1.29, 1.82) is 0 Å². The van der Waals surface area contributed by atoms with Gasteiger partial charge in [0.2, 0.25) is 0 Å². The van der Waals surface area contributed by atoms with Gasteiger partial charge in [-0.2, -0.15) is 57.1 Å². The second-order valence-corrected chi connectivity index (χ2v) is 8.70. The SMILES string of the molecule is FC(F)(F)C(F)(F)C(F)(F)C(F)(F)C(F)(F)C(F)(F)CC[Si]CC1COB(c2ccccc2)O1. The summed E-state index contributed by atoms with van der Waals surface area (Å²) in [5, 5.41) is 0. The molecular weight excluding hydrogens is 522 g/mol. The van der Waals surface area contributed by atoms with E-state index in [1.54, 1.807) is 30.3 Å². The Kier molecular flexibility index (Phi) is 8.05. The number of alkyl halides is 13. The molecule has 0 bridgehead atoms. The van der Waals surface area contributed by atoms with Crippen molar-refractivity contribution in [3.05, 3.63) is 30.3 Å². The Morgan fingerprint density at radius 3 is 1.82 bits per heavy atom. The van der Waals surface area contributed by atoms with Gasteiger partial charge in [-0.3, -0.25) is 0 Å². The van der Waals surface area contributed by atoms with Gasteiger partial charge in [-0.05, 0) is 11.5 Å². The van der Waals surface area contributed by atoms with E-state index in [1.807, 2.05) is 0 Å². The molecule has 0 amide bonds. The highest BCUT2D eigenvalue weighted by Gasteiger charge is 2.90. The highest BCUT2D eigenvalue weighted by atomic mass is 28.2. The molecule has 192 valence electrons. The van der Waals surface area contributed by atoms with Crippen LogP contribution in [0.2, 0.25) is 12.1 Å². The first-order valence-corrected chi connectivity index (χ1v) is 10.7. The van der Waals surface area contributed by atoms with E-state index >= 15 is 0 Å². The van der Waals surface area contributed by atoms with E-state index in [-0.39, 0.29) is 12.7 Å². The fourth-order valence-corrected chi connectivity index (χ4v) is 4.04. The maximum absolute atomic E-state index is 13.8. The van der Waals surface area contributed by atoms with Gasteiger partial charge in [-0.1, -0.05) is 36.4 Å². The topological polar surface area (TPSA) is 18.5 Å². The van der Waals surface area contributed by atoms with Gasteiger partial charge in [0.1, 0.15) is 0 Å². The predicted octanol–water partition coefficient (Wildman–Crippen LogP) is 5.47. The second-order valence-electron chi connectivity index (χ2n) is 7.29. The average Bonchev–Trinajstić information content (AvgIpc) is 3.19. The Morgan fingerprint density at radius 2 is 1.29 bits per heavy atom. The summed E-state index contributed by atoms with van der Waals surface area (Å²) in [7, 11) is -1.47. The number of hydrogen-bond acceptors (Lipinski definition) is 2. The Labute approximate surface area is 186 Å². The fraction of sp³-hybridized carbons (Fsp3) is 0.647. The molecule has 34 heavy (non-hydrogen) atoms. The van der Waals surface area contributed by atoms with E-state index in [9.17, 15) is 57.1 Å². The molecular formula is C17H14BF13O2Si. The minimum atomic E-state index is -7.87. The molecule has 1 aliphatic heterocycles. The monoisotopic (exact) mass is 536 g/mol. The van der Waals surface area contributed by atoms with Gasteiger partial charge < -0.3 is 9.31 Å². The van der Waals surface area contributed by atoms with Crippen LogP contribution in [0.15, 0.2) is 30.3 Å². The molecule has 0 aromatic heterocycles. The zero-order valence-corrected chi connectivity index (χ0v) is 17.6. The van der Waals surface area contributed by atoms with Gasteiger partial charge in [0, 0.05) is 15.9 Å². The second kappa shape index (κ2) is 9.52. The van der Waals surface area contributed by atoms with Crippen LogP contribution in [0, 0.1) is 0 Å². The molecule has 0 saturated carbocycles. The number of benzene rings is 1. The molecule has 2 rings (SSSR count). The van der Waals surface area contributed by atoms with Crippen molar-refractivity contribution in [3.63, 3.8) is 0 Å². The van der Waals surface area contributed by atoms with Crippen LogP contribution in [0.5, 0.6) is 0 Å². The molecule has 1 unspecified atom stereocenters. The average molecular weight is 536 g/mol. The Balaban J connectivity index is 1.99. The standard InChI is InChI=1S/C17H14BF13O2Si/c19-12(20,13(21,22)14(23,24)15(25,26)16(27,28)17(29,30)31)6-7-34-9-11-8-32-18(33-11)10-4-2-1-3-5-10/h1-5,11H,6-9H2. The van der Waals surface area contributed by atoms with Crippen molar-refractivity contribution in [1.82, 2.24) is 0 Å². The van der Waals surface area contributed by atoms with Crippen LogP contribution in [0.25, 0.3) is 0 Å². The Hall–Kier alpha value is -1.49. The lowest BCUT2D eigenvalue weighted by atomic mass is 9.80. The molecule has 2 radical (unpaired) electrons. The highest BCUT2D eigenvalue weighted by molar-refractivity contribution is 6.61. The summed E-state index contributed by atoms with van der Waals surface area (Å²) in [6.07, 6.45) is -10.3. The maximum atomic E-state index is 13.8. The first-order valence-electron chi connectivity index (χ1n) is 9.28. The molecule has 0 N–H and O–H groups in total. The lowest BCUT2D eigenvalue weighted by Gasteiger charge is -2.39. The Bertz CT molecular complexity index is 819. The lowest BCUT2D eigenvalue weighted by molar-refractivity contribution is -0.439. The fourth-order valence-electron chi connectivity index (χ4n) is 2.81. The molecule has 2 nitrogen and oxygen atoms in total. The summed E-state index contributed by atoms with van der Waals surface area (Å²) in [4.78, 5) is 0. The smallest absolute Gasteiger partial charge is 0.405 e. The molecule has 1 aliphatic rings. The molecule has 1 atom stereocenters. The highest BCUT2D eigenvalue weighted by Crippen LogP contribution is 2.60. The third-order valence-corrected chi connectivity index (χ3v) is 6.16. The van der Waals surface area contributed by atoms with E-state index < -0.39 is 71.0 Å². The predicted molar refractivity (Wildman–Crippen MR) is 93.4 cm³/mol. The van der Waals surface area contributed by atoms with Crippen molar-refractivity contribution < 1.29 is 66.4 Å². The summed E-state index contributed by atoms with van der Waals surface area (Å²) in [5.74, 6) is -36.6. The van der Waals surface area contributed by atoms with Crippen molar-refractivity contribution in [2.45, 2.75) is 60.4 Å². The van der Waals surface area contributed by atoms with Gasteiger partial charge in [0.25, 0.3) is 0 Å². The van der Waals surface area contributed by atoms with E-state index in [0.717, 1.165) is 0 Å². The Morgan fingerprint density at radius 1 is 0.765 bits per heavy atom. The van der Waals surface area contributed by atoms with Gasteiger partial charge in [0.15, 0.2) is 0 Å². The van der Waals surface area contributed by atoms with Crippen LogP contribution in [-0.4, -0.2) is 65.1 Å². The summed E-state index contributed by atoms with van der Waals surface area (Å²) >= 11 is 0. The molecule has 1 saturated heterocycles. The largest absolute Gasteiger partial charge is 0.494 e. The van der Waals surface area contributed by atoms with Gasteiger partial charge in [0.05, 0.1) is 12.7 Å². The molecule has 1 heterocycles. The third kappa shape index (κ3) is 5.05. The van der Waals surface area contributed by atoms with Crippen LogP contribution < -0.4 is 5.46 Å². The van der Waals surface area contributed by atoms with Crippen molar-refractivity contribution >= 4 is 22.1 Å². The molecule has 0 aliphatic carbocycles. The zero-order valence-electron chi connectivity index (χ0n) is 16.6. The minimum absolute atomic E-state index is 0.0318. The number of halogens is 13. The van der Waals surface area contributed by atoms with Crippen molar-refractivity contribution in [2.75, 3.05) is 6.61 Å². The molecule has 0 spiro atoms. The summed E-state index contributed by atoms with van der Waals surface area (Å²) in [6, 6.07) is 7.30. The minimum Gasteiger partial charge on any atom is -0.405 e. The summed E-state index contributed by atoms with van der Waals surface area (Å²) < 4.78 is 181. The van der Waals surface area contributed by atoms with Crippen LogP contribution in [0.4, 0.5) is 57.1 Å². The van der Waals surface area contributed by atoms with Crippen molar-refractivity contribution in [2.24, 2.45) is 0 Å². The molecule has 1 fully saturated rings.